The molecule has 10 heteroatoms. The SMILES string of the molecule is CCn1cc(S(=O)(=O)N2CCC[C@H](C(=O)NCc3cnn(C)c3C)C2)c(C)n1. The summed E-state index contributed by atoms with van der Waals surface area (Å²) in [6, 6.07) is 0. The molecule has 2 aromatic rings. The van der Waals surface area contributed by atoms with E-state index in [0.29, 0.717) is 38.2 Å². The molecule has 1 saturated heterocycles. The van der Waals surface area contributed by atoms with Crippen molar-refractivity contribution in [1.29, 1.82) is 0 Å². The highest BCUT2D eigenvalue weighted by molar-refractivity contribution is 7.89. The zero-order chi connectivity index (χ0) is 20.5. The van der Waals surface area contributed by atoms with E-state index >= 15 is 0 Å². The van der Waals surface area contributed by atoms with Gasteiger partial charge in [-0.25, -0.2) is 8.42 Å². The van der Waals surface area contributed by atoms with Crippen molar-refractivity contribution in [1.82, 2.24) is 29.2 Å². The topological polar surface area (TPSA) is 102 Å². The average Bonchev–Trinajstić information content (AvgIpc) is 3.23. The molecule has 0 bridgehead atoms. The molecular weight excluding hydrogens is 380 g/mol. The molecule has 0 saturated carbocycles. The van der Waals surface area contributed by atoms with Crippen LogP contribution in [-0.2, 0) is 35.0 Å². The molecule has 1 aliphatic rings. The maximum absolute atomic E-state index is 13.1. The van der Waals surface area contributed by atoms with Gasteiger partial charge in [0.05, 0.1) is 17.8 Å². The molecule has 0 radical (unpaired) electrons. The summed E-state index contributed by atoms with van der Waals surface area (Å²) in [5.41, 5.74) is 2.44. The molecule has 0 aromatic carbocycles. The lowest BCUT2D eigenvalue weighted by molar-refractivity contribution is -0.126. The summed E-state index contributed by atoms with van der Waals surface area (Å²) in [5.74, 6) is -0.480. The lowest BCUT2D eigenvalue weighted by atomic mass is 9.99. The third-order valence-corrected chi connectivity index (χ3v) is 7.36. The van der Waals surface area contributed by atoms with Crippen molar-refractivity contribution in [3.05, 3.63) is 29.3 Å². The molecule has 9 nitrogen and oxygen atoms in total. The molecule has 0 unspecified atom stereocenters. The number of sulfonamides is 1. The number of nitrogens with one attached hydrogen (secondary N) is 1. The van der Waals surface area contributed by atoms with Crippen LogP contribution in [0.4, 0.5) is 0 Å². The standard InChI is InChI=1S/C18H28N6O3S/c1-5-23-12-17(13(2)21-23)28(26,27)24-8-6-7-15(11-24)18(25)19-9-16-10-20-22(4)14(16)3/h10,12,15H,5-9,11H2,1-4H3,(H,19,25)/t15-/m0/s1. The number of nitrogens with zero attached hydrogens (tertiary/aromatic N) is 5. The first kappa shape index (κ1) is 20.5. The van der Waals surface area contributed by atoms with Crippen molar-refractivity contribution in [3.63, 3.8) is 0 Å². The Morgan fingerprint density at radius 3 is 2.71 bits per heavy atom. The first-order valence-corrected chi connectivity index (χ1v) is 11.0. The zero-order valence-corrected chi connectivity index (χ0v) is 17.7. The van der Waals surface area contributed by atoms with Crippen LogP contribution in [0.5, 0.6) is 0 Å². The zero-order valence-electron chi connectivity index (χ0n) is 16.8. The van der Waals surface area contributed by atoms with Crippen LogP contribution in [0.1, 0.15) is 36.7 Å². The van der Waals surface area contributed by atoms with Crippen LogP contribution in [0.15, 0.2) is 17.3 Å². The Morgan fingerprint density at radius 1 is 1.36 bits per heavy atom. The summed E-state index contributed by atoms with van der Waals surface area (Å²) in [6.45, 7) is 7.17. The number of rotatable bonds is 6. The molecule has 1 fully saturated rings. The van der Waals surface area contributed by atoms with E-state index in [1.165, 1.54) is 4.31 Å². The predicted octanol–water partition coefficient (Wildman–Crippen LogP) is 0.970. The molecule has 2 aromatic heterocycles. The van der Waals surface area contributed by atoms with Gasteiger partial charge in [0.15, 0.2) is 0 Å². The summed E-state index contributed by atoms with van der Waals surface area (Å²) in [5, 5.41) is 11.3. The van der Waals surface area contributed by atoms with Gasteiger partial charge < -0.3 is 5.32 Å². The van der Waals surface area contributed by atoms with Gasteiger partial charge in [0, 0.05) is 50.7 Å². The Labute approximate surface area is 165 Å². The second-order valence-corrected chi connectivity index (χ2v) is 9.14. The van der Waals surface area contributed by atoms with Crippen molar-refractivity contribution in [3.8, 4) is 0 Å². The second-order valence-electron chi connectivity index (χ2n) is 7.23. The Bertz CT molecular complexity index is 962. The van der Waals surface area contributed by atoms with Crippen LogP contribution in [-0.4, -0.2) is 51.3 Å². The molecule has 0 spiro atoms. The van der Waals surface area contributed by atoms with E-state index in [9.17, 15) is 13.2 Å². The van der Waals surface area contributed by atoms with E-state index in [0.717, 1.165) is 11.3 Å². The van der Waals surface area contributed by atoms with Crippen LogP contribution >= 0.6 is 0 Å². The summed E-state index contributed by atoms with van der Waals surface area (Å²) in [6.07, 6.45) is 4.64. The molecule has 154 valence electrons. The Balaban J connectivity index is 1.68. The number of hydrogen-bond acceptors (Lipinski definition) is 5. The van der Waals surface area contributed by atoms with Crippen molar-refractivity contribution in [2.24, 2.45) is 13.0 Å². The predicted molar refractivity (Wildman–Crippen MR) is 104 cm³/mol. The molecule has 28 heavy (non-hydrogen) atoms. The Morgan fingerprint density at radius 2 is 2.11 bits per heavy atom. The van der Waals surface area contributed by atoms with Crippen LogP contribution < -0.4 is 5.32 Å². The lowest BCUT2D eigenvalue weighted by Gasteiger charge is -2.31. The summed E-state index contributed by atoms with van der Waals surface area (Å²) in [4.78, 5) is 12.9. The van der Waals surface area contributed by atoms with Gasteiger partial charge in [-0.15, -0.1) is 0 Å². The highest BCUT2D eigenvalue weighted by atomic mass is 32.2. The van der Waals surface area contributed by atoms with E-state index < -0.39 is 10.0 Å². The molecule has 3 rings (SSSR count). The first-order chi connectivity index (χ1) is 13.2. The monoisotopic (exact) mass is 408 g/mol. The quantitative estimate of drug-likeness (QED) is 0.767. The van der Waals surface area contributed by atoms with Gasteiger partial charge in [-0.2, -0.15) is 14.5 Å². The van der Waals surface area contributed by atoms with Crippen molar-refractivity contribution >= 4 is 15.9 Å². The minimum atomic E-state index is -3.66. The smallest absolute Gasteiger partial charge is 0.246 e. The molecule has 1 N–H and O–H groups in total. The van der Waals surface area contributed by atoms with Gasteiger partial charge in [-0.05, 0) is 33.6 Å². The summed E-state index contributed by atoms with van der Waals surface area (Å²) in [7, 11) is -1.81. The fraction of sp³-hybridized carbons (Fsp3) is 0.611. The van der Waals surface area contributed by atoms with E-state index in [-0.39, 0.29) is 23.3 Å². The highest BCUT2D eigenvalue weighted by Crippen LogP contribution is 2.25. The lowest BCUT2D eigenvalue weighted by Crippen LogP contribution is -2.45. The molecule has 1 amide bonds. The molecule has 3 heterocycles. The number of piperidine rings is 1. The fourth-order valence-electron chi connectivity index (χ4n) is 3.47. The van der Waals surface area contributed by atoms with Crippen molar-refractivity contribution < 1.29 is 13.2 Å². The van der Waals surface area contributed by atoms with E-state index in [1.807, 2.05) is 20.9 Å². The van der Waals surface area contributed by atoms with Gasteiger partial charge in [-0.3, -0.25) is 14.2 Å². The minimum Gasteiger partial charge on any atom is -0.352 e. The van der Waals surface area contributed by atoms with Crippen LogP contribution in [0.3, 0.4) is 0 Å². The average molecular weight is 409 g/mol. The Kier molecular flexibility index (Phi) is 5.90. The van der Waals surface area contributed by atoms with E-state index in [1.54, 1.807) is 28.7 Å². The van der Waals surface area contributed by atoms with Gasteiger partial charge >= 0.3 is 0 Å². The molecule has 1 aliphatic heterocycles. The van der Waals surface area contributed by atoms with Crippen LogP contribution in [0, 0.1) is 19.8 Å². The number of aromatic nitrogens is 4. The Hall–Kier alpha value is -2.20. The largest absolute Gasteiger partial charge is 0.352 e. The number of carbonyl (C=O) groups is 1. The van der Waals surface area contributed by atoms with Gasteiger partial charge in [0.2, 0.25) is 15.9 Å². The number of aryl methyl sites for hydroxylation is 3. The minimum absolute atomic E-state index is 0.121. The maximum atomic E-state index is 13.1. The van der Waals surface area contributed by atoms with Crippen LogP contribution in [0.25, 0.3) is 0 Å². The fourth-order valence-corrected chi connectivity index (χ4v) is 5.17. The number of hydrogen-bond donors (Lipinski definition) is 1. The molecule has 0 aliphatic carbocycles. The summed E-state index contributed by atoms with van der Waals surface area (Å²) >= 11 is 0. The number of carbonyl (C=O) groups excluding carboxylic acids is 1. The van der Waals surface area contributed by atoms with Gasteiger partial charge in [-0.1, -0.05) is 0 Å². The van der Waals surface area contributed by atoms with Crippen molar-refractivity contribution in [2.45, 2.75) is 51.6 Å². The van der Waals surface area contributed by atoms with Gasteiger partial charge in [0.1, 0.15) is 4.90 Å². The molecular formula is C18H28N6O3S. The van der Waals surface area contributed by atoms with Crippen LogP contribution in [0.2, 0.25) is 0 Å². The van der Waals surface area contributed by atoms with E-state index in [2.05, 4.69) is 15.5 Å². The highest BCUT2D eigenvalue weighted by Gasteiger charge is 2.35. The summed E-state index contributed by atoms with van der Waals surface area (Å²) < 4.78 is 30.9. The maximum Gasteiger partial charge on any atom is 0.246 e. The number of amides is 1. The second kappa shape index (κ2) is 8.04. The third-order valence-electron chi connectivity index (χ3n) is 5.39. The normalized spacial score (nSPS) is 18.4. The van der Waals surface area contributed by atoms with Gasteiger partial charge in [0.25, 0.3) is 0 Å². The first-order valence-electron chi connectivity index (χ1n) is 9.53. The molecule has 1 atom stereocenters. The van der Waals surface area contributed by atoms with Crippen molar-refractivity contribution in [2.75, 3.05) is 13.1 Å². The van der Waals surface area contributed by atoms with E-state index in [4.69, 9.17) is 0 Å². The third kappa shape index (κ3) is 3.97.